The molecule has 2 aromatic heterocycles. The van der Waals surface area contributed by atoms with E-state index in [1.165, 1.54) is 0 Å². The van der Waals surface area contributed by atoms with Crippen molar-refractivity contribution in [2.24, 2.45) is 14.1 Å². The summed E-state index contributed by atoms with van der Waals surface area (Å²) in [5, 5.41) is 12.7. The van der Waals surface area contributed by atoms with Crippen LogP contribution in [0.2, 0.25) is 0 Å². The molecule has 2 N–H and O–H groups in total. The molecular formula is C18H22N6O2. The fourth-order valence-electron chi connectivity index (χ4n) is 3.36. The van der Waals surface area contributed by atoms with Gasteiger partial charge in [-0.1, -0.05) is 0 Å². The molecular weight excluding hydrogens is 332 g/mol. The number of aliphatic hydroxyl groups is 1. The fraction of sp³-hybridized carbons (Fsp3) is 0.389. The van der Waals surface area contributed by atoms with Gasteiger partial charge in [0.15, 0.2) is 0 Å². The van der Waals surface area contributed by atoms with Crippen molar-refractivity contribution in [1.82, 2.24) is 24.4 Å². The smallest absolute Gasteiger partial charge is 0.251 e. The van der Waals surface area contributed by atoms with Crippen molar-refractivity contribution < 1.29 is 9.90 Å². The maximum Gasteiger partial charge on any atom is 0.251 e. The summed E-state index contributed by atoms with van der Waals surface area (Å²) in [4.78, 5) is 23.4. The van der Waals surface area contributed by atoms with Crippen molar-refractivity contribution >= 4 is 22.9 Å². The largest absolute Gasteiger partial charge is 0.391 e. The van der Waals surface area contributed by atoms with Crippen LogP contribution in [0.1, 0.15) is 22.6 Å². The maximum absolute atomic E-state index is 12.5. The third kappa shape index (κ3) is 2.92. The molecule has 1 aliphatic rings. The van der Waals surface area contributed by atoms with E-state index in [1.807, 2.05) is 35.5 Å². The number of anilines is 1. The lowest BCUT2D eigenvalue weighted by Gasteiger charge is -2.16. The molecule has 0 bridgehead atoms. The maximum atomic E-state index is 12.5. The number of hydrogen-bond donors (Lipinski definition) is 2. The van der Waals surface area contributed by atoms with Crippen LogP contribution in [0.25, 0.3) is 11.0 Å². The first-order valence-corrected chi connectivity index (χ1v) is 8.67. The summed E-state index contributed by atoms with van der Waals surface area (Å²) in [7, 11) is 3.85. The van der Waals surface area contributed by atoms with E-state index in [0.29, 0.717) is 18.7 Å². The van der Waals surface area contributed by atoms with Gasteiger partial charge in [0.1, 0.15) is 5.82 Å². The number of imidazole rings is 2. The minimum absolute atomic E-state index is 0.154. The minimum atomic E-state index is -0.303. The number of carbonyl (C=O) groups is 1. The van der Waals surface area contributed by atoms with E-state index in [0.717, 1.165) is 35.8 Å². The standard InChI is InChI=1S/C18H22N6O2/c1-22-8-6-19-16(22)10-20-17(26)12-3-4-15-14(9-12)21-18(23(15)2)24-7-5-13(25)11-24/h3-4,6,8-9,13,25H,5,7,10-11H2,1-2H3,(H,20,26)/t13-/m0/s1. The van der Waals surface area contributed by atoms with Gasteiger partial charge in [-0.3, -0.25) is 4.79 Å². The number of aromatic nitrogens is 4. The lowest BCUT2D eigenvalue weighted by Crippen LogP contribution is -2.24. The van der Waals surface area contributed by atoms with Gasteiger partial charge in [0.05, 0.1) is 23.7 Å². The van der Waals surface area contributed by atoms with Gasteiger partial charge in [0.2, 0.25) is 5.95 Å². The van der Waals surface area contributed by atoms with Crippen LogP contribution in [-0.4, -0.2) is 49.3 Å². The van der Waals surface area contributed by atoms with Crippen molar-refractivity contribution in [2.75, 3.05) is 18.0 Å². The third-order valence-corrected chi connectivity index (χ3v) is 4.89. The van der Waals surface area contributed by atoms with Gasteiger partial charge in [0, 0.05) is 45.1 Å². The van der Waals surface area contributed by atoms with E-state index in [2.05, 4.69) is 20.2 Å². The number of hydrogen-bond acceptors (Lipinski definition) is 5. The highest BCUT2D eigenvalue weighted by Crippen LogP contribution is 2.25. The molecule has 26 heavy (non-hydrogen) atoms. The number of aliphatic hydroxyl groups excluding tert-OH is 1. The first kappa shape index (κ1) is 16.6. The van der Waals surface area contributed by atoms with E-state index < -0.39 is 0 Å². The molecule has 136 valence electrons. The summed E-state index contributed by atoms with van der Waals surface area (Å²) in [6.07, 6.45) is 4.00. The molecule has 1 aliphatic heterocycles. The van der Waals surface area contributed by atoms with Crippen LogP contribution >= 0.6 is 0 Å². The lowest BCUT2D eigenvalue weighted by molar-refractivity contribution is 0.0949. The van der Waals surface area contributed by atoms with Crippen LogP contribution in [0.3, 0.4) is 0 Å². The van der Waals surface area contributed by atoms with Gasteiger partial charge in [-0.05, 0) is 24.6 Å². The molecule has 3 heterocycles. The molecule has 4 rings (SSSR count). The van der Waals surface area contributed by atoms with Crippen LogP contribution < -0.4 is 10.2 Å². The van der Waals surface area contributed by atoms with Crippen LogP contribution in [0.15, 0.2) is 30.6 Å². The number of carbonyl (C=O) groups excluding carboxylic acids is 1. The summed E-state index contributed by atoms with van der Waals surface area (Å²) >= 11 is 0. The van der Waals surface area contributed by atoms with Crippen molar-refractivity contribution in [3.05, 3.63) is 42.0 Å². The predicted octanol–water partition coefficient (Wildman–Crippen LogP) is 0.808. The van der Waals surface area contributed by atoms with Gasteiger partial charge in [0.25, 0.3) is 5.91 Å². The molecule has 0 spiro atoms. The number of nitrogens with one attached hydrogen (secondary N) is 1. The van der Waals surface area contributed by atoms with Crippen molar-refractivity contribution in [2.45, 2.75) is 19.1 Å². The summed E-state index contributed by atoms with van der Waals surface area (Å²) in [6.45, 7) is 1.75. The Bertz CT molecular complexity index is 960. The average Bonchev–Trinajstić information content (AvgIpc) is 3.32. The zero-order valence-electron chi connectivity index (χ0n) is 14.9. The SMILES string of the molecule is Cn1ccnc1CNC(=O)c1ccc2c(c1)nc(N1CC[C@H](O)C1)n2C. The van der Waals surface area contributed by atoms with E-state index in [9.17, 15) is 9.90 Å². The minimum Gasteiger partial charge on any atom is -0.391 e. The van der Waals surface area contributed by atoms with Crippen LogP contribution in [0.4, 0.5) is 5.95 Å². The molecule has 0 aliphatic carbocycles. The summed E-state index contributed by atoms with van der Waals surface area (Å²) in [5.41, 5.74) is 2.30. The number of aryl methyl sites for hydroxylation is 2. The quantitative estimate of drug-likeness (QED) is 0.724. The van der Waals surface area contributed by atoms with E-state index in [-0.39, 0.29) is 12.0 Å². The van der Waals surface area contributed by atoms with Crippen molar-refractivity contribution in [3.63, 3.8) is 0 Å². The van der Waals surface area contributed by atoms with Gasteiger partial charge in [-0.25, -0.2) is 9.97 Å². The van der Waals surface area contributed by atoms with E-state index in [1.54, 1.807) is 18.3 Å². The van der Waals surface area contributed by atoms with Gasteiger partial charge in [-0.15, -0.1) is 0 Å². The normalized spacial score (nSPS) is 17.2. The number of fused-ring (bicyclic) bond motifs is 1. The summed E-state index contributed by atoms with van der Waals surface area (Å²) < 4.78 is 3.88. The Hall–Kier alpha value is -2.87. The van der Waals surface area contributed by atoms with Crippen molar-refractivity contribution in [3.8, 4) is 0 Å². The van der Waals surface area contributed by atoms with Gasteiger partial charge >= 0.3 is 0 Å². The Balaban J connectivity index is 1.55. The molecule has 0 unspecified atom stereocenters. The molecule has 1 saturated heterocycles. The Kier molecular flexibility index (Phi) is 4.12. The second-order valence-electron chi connectivity index (χ2n) is 6.70. The monoisotopic (exact) mass is 354 g/mol. The summed E-state index contributed by atoms with van der Waals surface area (Å²) in [5.74, 6) is 1.47. The molecule has 1 fully saturated rings. The fourth-order valence-corrected chi connectivity index (χ4v) is 3.36. The highest BCUT2D eigenvalue weighted by Gasteiger charge is 2.24. The zero-order valence-corrected chi connectivity index (χ0v) is 14.9. The van der Waals surface area contributed by atoms with E-state index in [4.69, 9.17) is 0 Å². The first-order chi connectivity index (χ1) is 12.5. The number of amides is 1. The molecule has 1 amide bonds. The number of benzene rings is 1. The highest BCUT2D eigenvalue weighted by molar-refractivity contribution is 5.97. The number of nitrogens with zero attached hydrogens (tertiary/aromatic N) is 5. The molecule has 0 saturated carbocycles. The van der Waals surface area contributed by atoms with E-state index >= 15 is 0 Å². The van der Waals surface area contributed by atoms with Crippen LogP contribution in [-0.2, 0) is 20.6 Å². The Morgan fingerprint density at radius 1 is 1.38 bits per heavy atom. The lowest BCUT2D eigenvalue weighted by atomic mass is 10.2. The second-order valence-corrected chi connectivity index (χ2v) is 6.70. The van der Waals surface area contributed by atoms with Gasteiger partial charge < -0.3 is 24.5 Å². The molecule has 3 aromatic rings. The molecule has 1 aromatic carbocycles. The topological polar surface area (TPSA) is 88.2 Å². The molecule has 0 radical (unpaired) electrons. The van der Waals surface area contributed by atoms with Crippen molar-refractivity contribution in [1.29, 1.82) is 0 Å². The second kappa shape index (κ2) is 6.45. The number of β-amino-alcohol motifs (C(OH)–C–C–N with tert-alkyl or cyclic N) is 1. The van der Waals surface area contributed by atoms with Gasteiger partial charge in [-0.2, -0.15) is 0 Å². The predicted molar refractivity (Wildman–Crippen MR) is 97.9 cm³/mol. The average molecular weight is 354 g/mol. The molecule has 8 nitrogen and oxygen atoms in total. The molecule has 1 atom stereocenters. The Morgan fingerprint density at radius 2 is 2.23 bits per heavy atom. The Morgan fingerprint density at radius 3 is 2.92 bits per heavy atom. The Labute approximate surface area is 151 Å². The molecule has 8 heteroatoms. The zero-order chi connectivity index (χ0) is 18.3. The van der Waals surface area contributed by atoms with Crippen LogP contribution in [0.5, 0.6) is 0 Å². The first-order valence-electron chi connectivity index (χ1n) is 8.67. The highest BCUT2D eigenvalue weighted by atomic mass is 16.3. The van der Waals surface area contributed by atoms with Crippen LogP contribution in [0, 0.1) is 0 Å². The number of rotatable bonds is 4. The summed E-state index contributed by atoms with van der Waals surface area (Å²) in [6, 6.07) is 5.52. The third-order valence-electron chi connectivity index (χ3n) is 4.89.